The number of nitrogens with zero attached hydrogens (tertiary/aromatic N) is 1. The standard InChI is InChI=1S/C11H23ClN2O2S/c1-3-11(12)6-7-13-17(15,16)14-8-4-5-10(2)9-14/h10-11,13H,3-9H2,1-2H3. The molecule has 0 aromatic carbocycles. The zero-order chi connectivity index (χ0) is 12.9. The van der Waals surface area contributed by atoms with E-state index in [0.717, 1.165) is 19.3 Å². The molecule has 0 bridgehead atoms. The van der Waals surface area contributed by atoms with Crippen molar-refractivity contribution in [1.29, 1.82) is 0 Å². The molecule has 1 N–H and O–H groups in total. The summed E-state index contributed by atoms with van der Waals surface area (Å²) in [5, 5.41) is 0.0537. The lowest BCUT2D eigenvalue weighted by Crippen LogP contribution is -2.45. The Balaban J connectivity index is 2.39. The third-order valence-corrected chi connectivity index (χ3v) is 5.25. The Morgan fingerprint density at radius 1 is 1.53 bits per heavy atom. The Bertz CT molecular complexity index is 321. The monoisotopic (exact) mass is 282 g/mol. The average Bonchev–Trinajstić information content (AvgIpc) is 2.28. The quantitative estimate of drug-likeness (QED) is 0.757. The summed E-state index contributed by atoms with van der Waals surface area (Å²) in [5.41, 5.74) is 0. The second kappa shape index (κ2) is 6.92. The van der Waals surface area contributed by atoms with E-state index in [1.54, 1.807) is 4.31 Å². The van der Waals surface area contributed by atoms with Gasteiger partial charge in [-0.25, -0.2) is 4.72 Å². The van der Waals surface area contributed by atoms with Crippen LogP contribution in [0.4, 0.5) is 0 Å². The molecule has 1 aliphatic heterocycles. The van der Waals surface area contributed by atoms with Crippen LogP contribution in [0.1, 0.15) is 39.5 Å². The molecule has 0 aliphatic carbocycles. The smallest absolute Gasteiger partial charge is 0.202 e. The van der Waals surface area contributed by atoms with Gasteiger partial charge in [-0.2, -0.15) is 12.7 Å². The molecule has 4 nitrogen and oxygen atoms in total. The Labute approximate surface area is 110 Å². The molecule has 0 saturated carbocycles. The fourth-order valence-electron chi connectivity index (χ4n) is 2.00. The maximum Gasteiger partial charge on any atom is 0.279 e. The summed E-state index contributed by atoms with van der Waals surface area (Å²) in [6.07, 6.45) is 3.62. The van der Waals surface area contributed by atoms with Crippen molar-refractivity contribution in [1.82, 2.24) is 9.03 Å². The summed E-state index contributed by atoms with van der Waals surface area (Å²) in [6, 6.07) is 0. The lowest BCUT2D eigenvalue weighted by Gasteiger charge is -2.30. The largest absolute Gasteiger partial charge is 0.279 e. The predicted octanol–water partition coefficient (Wildman–Crippen LogP) is 1.96. The molecule has 2 unspecified atom stereocenters. The first-order chi connectivity index (χ1) is 7.95. The van der Waals surface area contributed by atoms with Crippen molar-refractivity contribution in [3.63, 3.8) is 0 Å². The molecule has 0 aromatic heterocycles. The highest BCUT2D eigenvalue weighted by atomic mass is 35.5. The molecule has 6 heteroatoms. The van der Waals surface area contributed by atoms with E-state index in [1.165, 1.54) is 0 Å². The molecule has 0 spiro atoms. The minimum atomic E-state index is -3.30. The SMILES string of the molecule is CCC(Cl)CCNS(=O)(=O)N1CCCC(C)C1. The maximum atomic E-state index is 12.0. The number of piperidine rings is 1. The Morgan fingerprint density at radius 2 is 2.24 bits per heavy atom. The Morgan fingerprint density at radius 3 is 2.82 bits per heavy atom. The molecule has 1 fully saturated rings. The molecule has 1 aliphatic rings. The van der Waals surface area contributed by atoms with Gasteiger partial charge in [-0.05, 0) is 31.6 Å². The van der Waals surface area contributed by atoms with E-state index < -0.39 is 10.2 Å². The van der Waals surface area contributed by atoms with Gasteiger partial charge in [-0.1, -0.05) is 13.8 Å². The second-order valence-corrected chi connectivity index (χ2v) is 7.17. The average molecular weight is 283 g/mol. The van der Waals surface area contributed by atoms with E-state index in [9.17, 15) is 8.42 Å². The highest BCUT2D eigenvalue weighted by Crippen LogP contribution is 2.17. The lowest BCUT2D eigenvalue weighted by molar-refractivity contribution is 0.278. The summed E-state index contributed by atoms with van der Waals surface area (Å²) < 4.78 is 28.1. The molecule has 1 heterocycles. The lowest BCUT2D eigenvalue weighted by atomic mass is 10.0. The minimum Gasteiger partial charge on any atom is -0.202 e. The van der Waals surface area contributed by atoms with Gasteiger partial charge in [-0.15, -0.1) is 11.6 Å². The normalized spacial score (nSPS) is 24.8. The topological polar surface area (TPSA) is 49.4 Å². The number of rotatable bonds is 6. The number of hydrogen-bond acceptors (Lipinski definition) is 2. The van der Waals surface area contributed by atoms with Gasteiger partial charge in [0.2, 0.25) is 0 Å². The minimum absolute atomic E-state index is 0.0537. The van der Waals surface area contributed by atoms with Crippen LogP contribution in [0.15, 0.2) is 0 Å². The van der Waals surface area contributed by atoms with E-state index in [-0.39, 0.29) is 5.38 Å². The molecule has 0 radical (unpaired) electrons. The maximum absolute atomic E-state index is 12.0. The van der Waals surface area contributed by atoms with E-state index in [2.05, 4.69) is 11.6 Å². The van der Waals surface area contributed by atoms with Crippen LogP contribution in [0.3, 0.4) is 0 Å². The van der Waals surface area contributed by atoms with Crippen LogP contribution in [-0.2, 0) is 10.2 Å². The van der Waals surface area contributed by atoms with E-state index in [1.807, 2.05) is 6.92 Å². The van der Waals surface area contributed by atoms with E-state index >= 15 is 0 Å². The number of nitrogens with one attached hydrogen (secondary N) is 1. The van der Waals surface area contributed by atoms with Crippen LogP contribution in [0.5, 0.6) is 0 Å². The van der Waals surface area contributed by atoms with Crippen LogP contribution in [0.2, 0.25) is 0 Å². The molecular weight excluding hydrogens is 260 g/mol. The highest BCUT2D eigenvalue weighted by Gasteiger charge is 2.26. The second-order valence-electron chi connectivity index (χ2n) is 4.80. The zero-order valence-corrected chi connectivity index (χ0v) is 12.2. The van der Waals surface area contributed by atoms with E-state index in [4.69, 9.17) is 11.6 Å². The van der Waals surface area contributed by atoms with Gasteiger partial charge in [0.25, 0.3) is 10.2 Å². The fourth-order valence-corrected chi connectivity index (χ4v) is 3.49. The first-order valence-corrected chi connectivity index (χ1v) is 8.22. The van der Waals surface area contributed by atoms with Gasteiger partial charge in [0.1, 0.15) is 0 Å². The number of halogens is 1. The van der Waals surface area contributed by atoms with Crippen molar-refractivity contribution >= 4 is 21.8 Å². The van der Waals surface area contributed by atoms with Gasteiger partial charge < -0.3 is 0 Å². The van der Waals surface area contributed by atoms with Crippen molar-refractivity contribution in [3.05, 3.63) is 0 Å². The van der Waals surface area contributed by atoms with Gasteiger partial charge in [0, 0.05) is 25.0 Å². The number of alkyl halides is 1. The molecular formula is C11H23ClN2O2S. The highest BCUT2D eigenvalue weighted by molar-refractivity contribution is 7.87. The summed E-state index contributed by atoms with van der Waals surface area (Å²) in [5.74, 6) is 0.455. The van der Waals surface area contributed by atoms with Crippen LogP contribution in [0, 0.1) is 5.92 Å². The van der Waals surface area contributed by atoms with Gasteiger partial charge in [0.15, 0.2) is 0 Å². The Kier molecular flexibility index (Phi) is 6.20. The van der Waals surface area contributed by atoms with Crippen LogP contribution in [-0.4, -0.2) is 37.7 Å². The zero-order valence-electron chi connectivity index (χ0n) is 10.7. The summed E-state index contributed by atoms with van der Waals surface area (Å²) in [4.78, 5) is 0. The van der Waals surface area contributed by atoms with Crippen molar-refractivity contribution in [2.24, 2.45) is 5.92 Å². The van der Waals surface area contributed by atoms with Crippen molar-refractivity contribution in [3.8, 4) is 0 Å². The molecule has 17 heavy (non-hydrogen) atoms. The van der Waals surface area contributed by atoms with Gasteiger partial charge in [-0.3, -0.25) is 0 Å². The van der Waals surface area contributed by atoms with Crippen molar-refractivity contribution < 1.29 is 8.42 Å². The van der Waals surface area contributed by atoms with E-state index in [0.29, 0.717) is 32.0 Å². The predicted molar refractivity (Wildman–Crippen MR) is 71.4 cm³/mol. The molecule has 0 aromatic rings. The van der Waals surface area contributed by atoms with Gasteiger partial charge in [0.05, 0.1) is 0 Å². The Hall–Kier alpha value is 0.160. The third-order valence-electron chi connectivity index (χ3n) is 3.14. The number of hydrogen-bond donors (Lipinski definition) is 1. The van der Waals surface area contributed by atoms with Crippen molar-refractivity contribution in [2.45, 2.75) is 44.9 Å². The summed E-state index contributed by atoms with van der Waals surface area (Å²) >= 11 is 5.95. The molecule has 1 saturated heterocycles. The van der Waals surface area contributed by atoms with Crippen LogP contribution in [0.25, 0.3) is 0 Å². The summed E-state index contributed by atoms with van der Waals surface area (Å²) in [7, 11) is -3.30. The third kappa shape index (κ3) is 5.12. The molecule has 0 amide bonds. The first kappa shape index (κ1) is 15.2. The van der Waals surface area contributed by atoms with Crippen LogP contribution < -0.4 is 4.72 Å². The first-order valence-electron chi connectivity index (χ1n) is 6.34. The van der Waals surface area contributed by atoms with Crippen LogP contribution >= 0.6 is 11.6 Å². The summed E-state index contributed by atoms with van der Waals surface area (Å²) in [6.45, 7) is 5.78. The van der Waals surface area contributed by atoms with Gasteiger partial charge >= 0.3 is 0 Å². The molecule has 1 rings (SSSR count). The molecule has 2 atom stereocenters. The molecule has 102 valence electrons. The van der Waals surface area contributed by atoms with Crippen molar-refractivity contribution in [2.75, 3.05) is 19.6 Å². The fraction of sp³-hybridized carbons (Fsp3) is 1.00.